The molecule has 1 aliphatic rings. The number of carbonyl (C=O) groups is 3. The molecule has 0 radical (unpaired) electrons. The monoisotopic (exact) mass is 361 g/mol. The zero-order chi connectivity index (χ0) is 18.0. The van der Waals surface area contributed by atoms with Gasteiger partial charge < -0.3 is 16.0 Å². The third-order valence-electron chi connectivity index (χ3n) is 4.27. The summed E-state index contributed by atoms with van der Waals surface area (Å²) < 4.78 is 1.47. The smallest absolute Gasteiger partial charge is 0.274 e. The minimum Gasteiger partial charge on any atom is -0.369 e. The Bertz CT molecular complexity index is 791. The van der Waals surface area contributed by atoms with Crippen LogP contribution < -0.4 is 11.1 Å². The number of amides is 3. The predicted molar refractivity (Wildman–Crippen MR) is 93.3 cm³/mol. The third-order valence-corrected chi connectivity index (χ3v) is 5.14. The van der Waals surface area contributed by atoms with Crippen LogP contribution in [0.1, 0.15) is 33.0 Å². The number of carbonyl (C=O) groups excluding carboxylic acids is 3. The lowest BCUT2D eigenvalue weighted by molar-refractivity contribution is -0.123. The standard InChI is InChI=1S/C16H19N5O3S/c1-20-13(18-15(23)12-3-2-8-25-12)9-11(19-20)16(24)21-6-4-10(5-7-21)14(17)22/h2-3,8-10H,4-7H2,1H3,(H2,17,22)(H,18,23). The summed E-state index contributed by atoms with van der Waals surface area (Å²) in [5.41, 5.74) is 5.58. The summed E-state index contributed by atoms with van der Waals surface area (Å²) >= 11 is 1.34. The number of nitrogens with one attached hydrogen (secondary N) is 1. The van der Waals surface area contributed by atoms with Gasteiger partial charge in [-0.15, -0.1) is 11.3 Å². The van der Waals surface area contributed by atoms with E-state index in [1.54, 1.807) is 30.1 Å². The fraction of sp³-hybridized carbons (Fsp3) is 0.375. The highest BCUT2D eigenvalue weighted by atomic mass is 32.1. The van der Waals surface area contributed by atoms with Gasteiger partial charge in [0, 0.05) is 32.1 Å². The van der Waals surface area contributed by atoms with E-state index in [2.05, 4.69) is 10.4 Å². The molecule has 3 rings (SSSR count). The Labute approximate surface area is 148 Å². The van der Waals surface area contributed by atoms with E-state index in [-0.39, 0.29) is 29.3 Å². The van der Waals surface area contributed by atoms with Crippen molar-refractivity contribution in [3.63, 3.8) is 0 Å². The number of anilines is 1. The van der Waals surface area contributed by atoms with Crippen molar-refractivity contribution in [1.82, 2.24) is 14.7 Å². The molecule has 0 aliphatic carbocycles. The maximum Gasteiger partial charge on any atom is 0.274 e. The van der Waals surface area contributed by atoms with E-state index in [0.29, 0.717) is 36.6 Å². The molecule has 1 fully saturated rings. The molecule has 3 N–H and O–H groups in total. The molecule has 2 aromatic rings. The molecule has 0 atom stereocenters. The zero-order valence-electron chi connectivity index (χ0n) is 13.8. The third kappa shape index (κ3) is 3.71. The van der Waals surface area contributed by atoms with Gasteiger partial charge in [0.2, 0.25) is 5.91 Å². The molecule has 1 aliphatic heterocycles. The van der Waals surface area contributed by atoms with Crippen molar-refractivity contribution in [1.29, 1.82) is 0 Å². The van der Waals surface area contributed by atoms with Crippen molar-refractivity contribution in [2.24, 2.45) is 18.7 Å². The van der Waals surface area contributed by atoms with E-state index in [9.17, 15) is 14.4 Å². The highest BCUT2D eigenvalue weighted by Crippen LogP contribution is 2.20. The predicted octanol–water partition coefficient (Wildman–Crippen LogP) is 1.07. The van der Waals surface area contributed by atoms with Gasteiger partial charge in [-0.3, -0.25) is 19.1 Å². The first kappa shape index (κ1) is 17.2. The van der Waals surface area contributed by atoms with E-state index in [4.69, 9.17) is 5.73 Å². The van der Waals surface area contributed by atoms with E-state index in [1.807, 2.05) is 5.38 Å². The molecule has 3 heterocycles. The summed E-state index contributed by atoms with van der Waals surface area (Å²) in [7, 11) is 1.67. The lowest BCUT2D eigenvalue weighted by atomic mass is 9.96. The van der Waals surface area contributed by atoms with Gasteiger partial charge in [0.25, 0.3) is 11.8 Å². The van der Waals surface area contributed by atoms with Crippen LogP contribution in [0.15, 0.2) is 23.6 Å². The molecule has 25 heavy (non-hydrogen) atoms. The topological polar surface area (TPSA) is 110 Å². The van der Waals surface area contributed by atoms with Gasteiger partial charge in [0.15, 0.2) is 5.69 Å². The number of likely N-dealkylation sites (tertiary alicyclic amines) is 1. The zero-order valence-corrected chi connectivity index (χ0v) is 14.6. The number of hydrogen-bond acceptors (Lipinski definition) is 5. The normalized spacial score (nSPS) is 15.2. The van der Waals surface area contributed by atoms with Crippen molar-refractivity contribution >= 4 is 34.9 Å². The fourth-order valence-corrected chi connectivity index (χ4v) is 3.42. The Kier molecular flexibility index (Phi) is 4.84. The van der Waals surface area contributed by atoms with E-state index in [0.717, 1.165) is 0 Å². The maximum absolute atomic E-state index is 12.6. The highest BCUT2D eigenvalue weighted by molar-refractivity contribution is 7.12. The Balaban J connectivity index is 1.66. The number of thiophene rings is 1. The molecule has 3 amide bonds. The van der Waals surface area contributed by atoms with Crippen LogP contribution in [0, 0.1) is 5.92 Å². The van der Waals surface area contributed by atoms with Crippen molar-refractivity contribution in [2.75, 3.05) is 18.4 Å². The van der Waals surface area contributed by atoms with Gasteiger partial charge in [-0.1, -0.05) is 6.07 Å². The molecular weight excluding hydrogens is 342 g/mol. The highest BCUT2D eigenvalue weighted by Gasteiger charge is 2.28. The Morgan fingerprint density at radius 1 is 1.32 bits per heavy atom. The number of aromatic nitrogens is 2. The fourth-order valence-electron chi connectivity index (χ4n) is 2.80. The maximum atomic E-state index is 12.6. The Morgan fingerprint density at radius 3 is 2.64 bits per heavy atom. The lowest BCUT2D eigenvalue weighted by Gasteiger charge is -2.29. The Morgan fingerprint density at radius 2 is 2.04 bits per heavy atom. The number of nitrogens with two attached hydrogens (primary N) is 1. The number of primary amides is 1. The van der Waals surface area contributed by atoms with E-state index in [1.165, 1.54) is 16.0 Å². The largest absolute Gasteiger partial charge is 0.369 e. The molecule has 0 unspecified atom stereocenters. The summed E-state index contributed by atoms with van der Waals surface area (Å²) in [6.45, 7) is 0.944. The summed E-state index contributed by atoms with van der Waals surface area (Å²) in [6, 6.07) is 5.09. The van der Waals surface area contributed by atoms with E-state index < -0.39 is 0 Å². The summed E-state index contributed by atoms with van der Waals surface area (Å²) in [5, 5.41) is 8.77. The van der Waals surface area contributed by atoms with Crippen LogP contribution in [0.4, 0.5) is 5.82 Å². The van der Waals surface area contributed by atoms with Crippen LogP contribution in [-0.4, -0.2) is 45.5 Å². The number of rotatable bonds is 4. The van der Waals surface area contributed by atoms with Crippen LogP contribution in [0.25, 0.3) is 0 Å². The van der Waals surface area contributed by atoms with Gasteiger partial charge in [0.05, 0.1) is 4.88 Å². The van der Waals surface area contributed by atoms with Crippen molar-refractivity contribution < 1.29 is 14.4 Å². The van der Waals surface area contributed by atoms with Crippen LogP contribution in [0.5, 0.6) is 0 Å². The summed E-state index contributed by atoms with van der Waals surface area (Å²) in [5.74, 6) is -0.486. The quantitative estimate of drug-likeness (QED) is 0.848. The van der Waals surface area contributed by atoms with Gasteiger partial charge in [-0.25, -0.2) is 0 Å². The minimum atomic E-state index is -0.316. The number of hydrogen-bond donors (Lipinski definition) is 2. The summed E-state index contributed by atoms with van der Waals surface area (Å²) in [4.78, 5) is 38.2. The lowest BCUT2D eigenvalue weighted by Crippen LogP contribution is -2.41. The van der Waals surface area contributed by atoms with Gasteiger partial charge in [-0.05, 0) is 24.3 Å². The minimum absolute atomic E-state index is 0.173. The molecule has 132 valence electrons. The number of nitrogens with zero attached hydrogens (tertiary/aromatic N) is 3. The molecule has 8 nitrogen and oxygen atoms in total. The number of aryl methyl sites for hydroxylation is 1. The van der Waals surface area contributed by atoms with Crippen molar-refractivity contribution in [3.05, 3.63) is 34.2 Å². The van der Waals surface area contributed by atoms with Gasteiger partial charge in [-0.2, -0.15) is 5.10 Å². The first-order valence-electron chi connectivity index (χ1n) is 7.93. The molecule has 9 heteroatoms. The average molecular weight is 361 g/mol. The first-order valence-corrected chi connectivity index (χ1v) is 8.81. The van der Waals surface area contributed by atoms with E-state index >= 15 is 0 Å². The molecule has 1 saturated heterocycles. The summed E-state index contributed by atoms with van der Waals surface area (Å²) in [6.07, 6.45) is 1.13. The second kappa shape index (κ2) is 7.06. The SMILES string of the molecule is Cn1nc(C(=O)N2CCC(C(N)=O)CC2)cc1NC(=O)c1cccs1. The van der Waals surface area contributed by atoms with Crippen LogP contribution in [0.3, 0.4) is 0 Å². The van der Waals surface area contributed by atoms with Crippen molar-refractivity contribution in [3.8, 4) is 0 Å². The molecule has 0 saturated carbocycles. The molecule has 2 aromatic heterocycles. The average Bonchev–Trinajstić information content (AvgIpc) is 3.25. The van der Waals surface area contributed by atoms with Gasteiger partial charge in [0.1, 0.15) is 5.82 Å². The second-order valence-electron chi connectivity index (χ2n) is 5.94. The Hall–Kier alpha value is -2.68. The molecule has 0 aromatic carbocycles. The molecular formula is C16H19N5O3S. The number of piperidine rings is 1. The van der Waals surface area contributed by atoms with Gasteiger partial charge >= 0.3 is 0 Å². The second-order valence-corrected chi connectivity index (χ2v) is 6.89. The van der Waals surface area contributed by atoms with Crippen LogP contribution >= 0.6 is 11.3 Å². The first-order chi connectivity index (χ1) is 12.0. The molecule has 0 spiro atoms. The van der Waals surface area contributed by atoms with Crippen LogP contribution in [-0.2, 0) is 11.8 Å². The van der Waals surface area contributed by atoms with Crippen LogP contribution in [0.2, 0.25) is 0 Å². The van der Waals surface area contributed by atoms with Crippen molar-refractivity contribution in [2.45, 2.75) is 12.8 Å². The molecule has 0 bridgehead atoms.